The molecule has 25 heavy (non-hydrogen) atoms. The van der Waals surface area contributed by atoms with E-state index in [4.69, 9.17) is 5.11 Å². The molecule has 0 atom stereocenters. The van der Waals surface area contributed by atoms with E-state index >= 15 is 0 Å². The normalized spacial score (nSPS) is 20.0. The number of urea groups is 1. The Kier molecular flexibility index (Phi) is 5.33. The number of pyridine rings is 1. The minimum absolute atomic E-state index is 0.0131. The number of nitrogens with zero attached hydrogens (tertiary/aromatic N) is 1. The summed E-state index contributed by atoms with van der Waals surface area (Å²) in [5, 5.41) is 16.9. The molecule has 2 amide bonds. The van der Waals surface area contributed by atoms with Crippen molar-refractivity contribution in [2.45, 2.75) is 38.6 Å². The first-order valence-corrected chi connectivity index (χ1v) is 9.21. The van der Waals surface area contributed by atoms with Crippen LogP contribution in [0.25, 0.3) is 11.3 Å². The third-order valence-electron chi connectivity index (χ3n) is 4.47. The van der Waals surface area contributed by atoms with Crippen LogP contribution in [0.4, 0.5) is 10.5 Å². The zero-order valence-electron chi connectivity index (χ0n) is 14.0. The standard InChI is InChI=1S/C18H21N3O3S/c1-11-9-13(10-25-11)16-15(3-2-8-19-16)21-18(24)20-14-6-4-12(5-7-14)17(22)23/h2-3,8-10,12,14H,4-7H2,1H3,(H,22,23)(H2,20,21,24). The van der Waals surface area contributed by atoms with E-state index in [-0.39, 0.29) is 18.0 Å². The van der Waals surface area contributed by atoms with Gasteiger partial charge in [-0.05, 0) is 50.8 Å². The van der Waals surface area contributed by atoms with Gasteiger partial charge in [0.05, 0.1) is 17.3 Å². The minimum atomic E-state index is -0.742. The zero-order chi connectivity index (χ0) is 17.8. The lowest BCUT2D eigenvalue weighted by Crippen LogP contribution is -2.41. The number of carboxylic acids is 1. The number of carbonyl (C=O) groups excluding carboxylic acids is 1. The van der Waals surface area contributed by atoms with Crippen LogP contribution in [0.2, 0.25) is 0 Å². The number of nitrogens with one attached hydrogen (secondary N) is 2. The number of amides is 2. The molecular weight excluding hydrogens is 338 g/mol. The van der Waals surface area contributed by atoms with Crippen molar-refractivity contribution in [3.63, 3.8) is 0 Å². The molecular formula is C18H21N3O3S. The van der Waals surface area contributed by atoms with Crippen molar-refractivity contribution in [2.24, 2.45) is 5.92 Å². The van der Waals surface area contributed by atoms with Gasteiger partial charge in [-0.25, -0.2) is 4.79 Å². The van der Waals surface area contributed by atoms with Crippen molar-refractivity contribution >= 4 is 29.0 Å². The molecule has 0 spiro atoms. The van der Waals surface area contributed by atoms with Gasteiger partial charge in [-0.2, -0.15) is 0 Å². The number of hydrogen-bond acceptors (Lipinski definition) is 4. The predicted molar refractivity (Wildman–Crippen MR) is 97.8 cm³/mol. The maximum atomic E-state index is 12.3. The van der Waals surface area contributed by atoms with Crippen LogP contribution >= 0.6 is 11.3 Å². The van der Waals surface area contributed by atoms with Crippen molar-refractivity contribution < 1.29 is 14.7 Å². The number of aryl methyl sites for hydroxylation is 1. The van der Waals surface area contributed by atoms with Gasteiger partial charge < -0.3 is 15.7 Å². The molecule has 1 aliphatic rings. The third kappa shape index (κ3) is 4.36. The van der Waals surface area contributed by atoms with E-state index in [0.717, 1.165) is 11.3 Å². The second-order valence-electron chi connectivity index (χ2n) is 6.33. The topological polar surface area (TPSA) is 91.3 Å². The second kappa shape index (κ2) is 7.65. The van der Waals surface area contributed by atoms with Crippen molar-refractivity contribution in [1.82, 2.24) is 10.3 Å². The number of aromatic nitrogens is 1. The smallest absolute Gasteiger partial charge is 0.319 e. The minimum Gasteiger partial charge on any atom is -0.481 e. The number of thiophene rings is 1. The zero-order valence-corrected chi connectivity index (χ0v) is 14.8. The van der Waals surface area contributed by atoms with Crippen molar-refractivity contribution in [2.75, 3.05) is 5.32 Å². The fourth-order valence-electron chi connectivity index (χ4n) is 3.13. The van der Waals surface area contributed by atoms with Crippen molar-refractivity contribution in [3.05, 3.63) is 34.7 Å². The van der Waals surface area contributed by atoms with Crippen LogP contribution in [-0.4, -0.2) is 28.1 Å². The van der Waals surface area contributed by atoms with Crippen LogP contribution in [0.3, 0.4) is 0 Å². The van der Waals surface area contributed by atoms with Gasteiger partial charge in [-0.1, -0.05) is 0 Å². The van der Waals surface area contributed by atoms with Gasteiger partial charge in [0.2, 0.25) is 0 Å². The fraction of sp³-hybridized carbons (Fsp3) is 0.389. The predicted octanol–water partition coefficient (Wildman–Crippen LogP) is 3.88. The molecule has 0 aliphatic heterocycles. The summed E-state index contributed by atoms with van der Waals surface area (Å²) in [6, 6.07) is 5.40. The molecule has 3 rings (SSSR count). The fourth-order valence-corrected chi connectivity index (χ4v) is 3.82. The lowest BCUT2D eigenvalue weighted by molar-refractivity contribution is -0.142. The molecule has 2 aromatic rings. The van der Waals surface area contributed by atoms with Crippen LogP contribution < -0.4 is 10.6 Å². The van der Waals surface area contributed by atoms with Gasteiger partial charge in [-0.15, -0.1) is 11.3 Å². The summed E-state index contributed by atoms with van der Waals surface area (Å²) in [7, 11) is 0. The SMILES string of the molecule is Cc1cc(-c2ncccc2NC(=O)NC2CCC(C(=O)O)CC2)cs1. The van der Waals surface area contributed by atoms with E-state index < -0.39 is 5.97 Å². The molecule has 3 N–H and O–H groups in total. The molecule has 0 aromatic carbocycles. The number of aliphatic carboxylic acids is 1. The lowest BCUT2D eigenvalue weighted by Gasteiger charge is -2.26. The van der Waals surface area contributed by atoms with Gasteiger partial charge in [0, 0.05) is 28.1 Å². The molecule has 1 fully saturated rings. The molecule has 0 radical (unpaired) electrons. The Morgan fingerprint density at radius 1 is 1.28 bits per heavy atom. The summed E-state index contributed by atoms with van der Waals surface area (Å²) in [6.07, 6.45) is 4.29. The van der Waals surface area contributed by atoms with E-state index in [1.165, 1.54) is 4.88 Å². The van der Waals surface area contributed by atoms with Gasteiger partial charge in [0.25, 0.3) is 0 Å². The van der Waals surface area contributed by atoms with Crippen LogP contribution in [0.15, 0.2) is 29.8 Å². The number of carboxylic acid groups (broad SMARTS) is 1. The van der Waals surface area contributed by atoms with E-state index in [9.17, 15) is 9.59 Å². The first-order chi connectivity index (χ1) is 12.0. The number of carbonyl (C=O) groups is 2. The third-order valence-corrected chi connectivity index (χ3v) is 5.33. The summed E-state index contributed by atoms with van der Waals surface area (Å²) in [5.74, 6) is -1.03. The summed E-state index contributed by atoms with van der Waals surface area (Å²) in [5.41, 5.74) is 2.40. The Morgan fingerprint density at radius 2 is 2.04 bits per heavy atom. The molecule has 0 saturated heterocycles. The van der Waals surface area contributed by atoms with Crippen LogP contribution in [0.1, 0.15) is 30.6 Å². The average molecular weight is 359 g/mol. The Balaban J connectivity index is 1.61. The molecule has 1 aliphatic carbocycles. The van der Waals surface area contributed by atoms with Gasteiger partial charge in [0.15, 0.2) is 0 Å². The summed E-state index contributed by atoms with van der Waals surface area (Å²) in [6.45, 7) is 2.03. The first kappa shape index (κ1) is 17.4. The molecule has 6 nitrogen and oxygen atoms in total. The summed E-state index contributed by atoms with van der Waals surface area (Å²) < 4.78 is 0. The van der Waals surface area contributed by atoms with Gasteiger partial charge >= 0.3 is 12.0 Å². The highest BCUT2D eigenvalue weighted by atomic mass is 32.1. The number of hydrogen-bond donors (Lipinski definition) is 3. The largest absolute Gasteiger partial charge is 0.481 e. The monoisotopic (exact) mass is 359 g/mol. The van der Waals surface area contributed by atoms with Crippen molar-refractivity contribution in [1.29, 1.82) is 0 Å². The Morgan fingerprint density at radius 3 is 2.68 bits per heavy atom. The molecule has 7 heteroatoms. The van der Waals surface area contributed by atoms with E-state index in [1.807, 2.05) is 24.4 Å². The highest BCUT2D eigenvalue weighted by molar-refractivity contribution is 7.10. The van der Waals surface area contributed by atoms with Crippen LogP contribution in [0.5, 0.6) is 0 Å². The Bertz CT molecular complexity index is 766. The van der Waals surface area contributed by atoms with Crippen molar-refractivity contribution in [3.8, 4) is 11.3 Å². The maximum absolute atomic E-state index is 12.3. The summed E-state index contributed by atoms with van der Waals surface area (Å²) >= 11 is 1.64. The average Bonchev–Trinajstić information content (AvgIpc) is 3.02. The highest BCUT2D eigenvalue weighted by Crippen LogP contribution is 2.29. The van der Waals surface area contributed by atoms with E-state index in [2.05, 4.69) is 15.6 Å². The Hall–Kier alpha value is -2.41. The Labute approximate surface area is 150 Å². The molecule has 2 heterocycles. The van der Waals surface area contributed by atoms with Gasteiger partial charge in [-0.3, -0.25) is 9.78 Å². The van der Waals surface area contributed by atoms with Crippen LogP contribution in [-0.2, 0) is 4.79 Å². The molecule has 0 unspecified atom stereocenters. The summed E-state index contributed by atoms with van der Waals surface area (Å²) in [4.78, 5) is 28.9. The van der Waals surface area contributed by atoms with Gasteiger partial charge in [0.1, 0.15) is 0 Å². The van der Waals surface area contributed by atoms with Crippen LogP contribution in [0, 0.1) is 12.8 Å². The lowest BCUT2D eigenvalue weighted by atomic mass is 9.86. The quantitative estimate of drug-likeness (QED) is 0.772. The van der Waals surface area contributed by atoms with E-state index in [1.54, 1.807) is 23.6 Å². The molecule has 0 bridgehead atoms. The molecule has 132 valence electrons. The number of anilines is 1. The second-order valence-corrected chi connectivity index (χ2v) is 7.45. The molecule has 2 aromatic heterocycles. The van der Waals surface area contributed by atoms with E-state index in [0.29, 0.717) is 31.4 Å². The maximum Gasteiger partial charge on any atom is 0.319 e. The highest BCUT2D eigenvalue weighted by Gasteiger charge is 2.26. The first-order valence-electron chi connectivity index (χ1n) is 8.34. The molecule has 1 saturated carbocycles. The number of rotatable bonds is 4.